The molecule has 3 nitrogen and oxygen atoms in total. The molecule has 0 amide bonds. The molecule has 1 heterocycles. The number of aliphatic imine (C=N–C) groups is 1. The monoisotopic (exact) mass is 217 g/mol. The van der Waals surface area contributed by atoms with Crippen molar-refractivity contribution in [2.24, 2.45) is 4.99 Å². The van der Waals surface area contributed by atoms with Crippen molar-refractivity contribution < 1.29 is 9.53 Å². The fourth-order valence-corrected chi connectivity index (χ4v) is 2.00. The van der Waals surface area contributed by atoms with Gasteiger partial charge in [0.1, 0.15) is 6.04 Å². The molecule has 0 unspecified atom stereocenters. The number of ether oxygens (including phenoxy) is 1. The number of aryl methyl sites for hydroxylation is 1. The Bertz CT molecular complexity index is 437. The van der Waals surface area contributed by atoms with Gasteiger partial charge in [-0.2, -0.15) is 0 Å². The van der Waals surface area contributed by atoms with Crippen molar-refractivity contribution in [2.75, 3.05) is 7.11 Å². The van der Waals surface area contributed by atoms with Crippen LogP contribution in [0.15, 0.2) is 29.3 Å². The normalized spacial score (nSPS) is 19.4. The van der Waals surface area contributed by atoms with Crippen LogP contribution in [0.1, 0.15) is 24.0 Å². The number of hydrogen-bond acceptors (Lipinski definition) is 3. The standard InChI is InChI=1S/C13H15NO2/c1-9-5-3-4-6-10(9)11-7-8-12(14-11)13(15)16-2/h3-6,12H,7-8H2,1-2H3/t12-/m0/s1. The lowest BCUT2D eigenvalue weighted by molar-refractivity contribution is -0.141. The molecule has 1 aromatic carbocycles. The largest absolute Gasteiger partial charge is 0.467 e. The highest BCUT2D eigenvalue weighted by molar-refractivity contribution is 6.04. The molecule has 16 heavy (non-hydrogen) atoms. The van der Waals surface area contributed by atoms with Gasteiger partial charge in [0.25, 0.3) is 0 Å². The summed E-state index contributed by atoms with van der Waals surface area (Å²) >= 11 is 0. The Labute approximate surface area is 95.2 Å². The van der Waals surface area contributed by atoms with Crippen LogP contribution in [-0.4, -0.2) is 24.8 Å². The molecule has 0 aromatic heterocycles. The number of carbonyl (C=O) groups excluding carboxylic acids is 1. The predicted octanol–water partition coefficient (Wildman–Crippen LogP) is 2.12. The summed E-state index contributed by atoms with van der Waals surface area (Å²) in [6.07, 6.45) is 1.61. The van der Waals surface area contributed by atoms with E-state index in [2.05, 4.69) is 18.0 Å². The van der Waals surface area contributed by atoms with Gasteiger partial charge >= 0.3 is 5.97 Å². The third-order valence-corrected chi connectivity index (χ3v) is 2.90. The highest BCUT2D eigenvalue weighted by Gasteiger charge is 2.25. The summed E-state index contributed by atoms with van der Waals surface area (Å²) in [6, 6.07) is 7.80. The quantitative estimate of drug-likeness (QED) is 0.712. The molecule has 3 heteroatoms. The summed E-state index contributed by atoms with van der Waals surface area (Å²) in [4.78, 5) is 15.8. The Morgan fingerprint density at radius 2 is 2.19 bits per heavy atom. The van der Waals surface area contributed by atoms with Crippen LogP contribution < -0.4 is 0 Å². The average Bonchev–Trinajstić information content (AvgIpc) is 2.78. The number of methoxy groups -OCH3 is 1. The second-order valence-electron chi connectivity index (χ2n) is 3.97. The Morgan fingerprint density at radius 3 is 2.88 bits per heavy atom. The summed E-state index contributed by atoms with van der Waals surface area (Å²) < 4.78 is 4.70. The zero-order chi connectivity index (χ0) is 11.5. The van der Waals surface area contributed by atoms with Crippen LogP contribution in [0.4, 0.5) is 0 Å². The summed E-state index contributed by atoms with van der Waals surface area (Å²) in [5.74, 6) is -0.233. The van der Waals surface area contributed by atoms with Crippen molar-refractivity contribution >= 4 is 11.7 Å². The first kappa shape index (κ1) is 10.9. The van der Waals surface area contributed by atoms with E-state index >= 15 is 0 Å². The summed E-state index contributed by atoms with van der Waals surface area (Å²) in [7, 11) is 1.41. The molecule has 0 fully saturated rings. The maximum absolute atomic E-state index is 11.3. The molecule has 0 radical (unpaired) electrons. The van der Waals surface area contributed by atoms with Gasteiger partial charge in [-0.3, -0.25) is 4.99 Å². The van der Waals surface area contributed by atoms with Gasteiger partial charge in [0.05, 0.1) is 7.11 Å². The van der Waals surface area contributed by atoms with Crippen molar-refractivity contribution in [3.8, 4) is 0 Å². The second kappa shape index (κ2) is 4.47. The number of hydrogen-bond donors (Lipinski definition) is 0. The molecule has 2 rings (SSSR count). The van der Waals surface area contributed by atoms with Gasteiger partial charge in [0, 0.05) is 5.71 Å². The van der Waals surface area contributed by atoms with Gasteiger partial charge in [0.15, 0.2) is 0 Å². The Kier molecular flexibility index (Phi) is 3.04. The molecule has 84 valence electrons. The molecule has 0 aliphatic carbocycles. The number of rotatable bonds is 2. The van der Waals surface area contributed by atoms with Crippen LogP contribution in [0.5, 0.6) is 0 Å². The highest BCUT2D eigenvalue weighted by atomic mass is 16.5. The van der Waals surface area contributed by atoms with Crippen LogP contribution in [0, 0.1) is 6.92 Å². The van der Waals surface area contributed by atoms with Gasteiger partial charge < -0.3 is 4.74 Å². The topological polar surface area (TPSA) is 38.7 Å². The van der Waals surface area contributed by atoms with Crippen LogP contribution in [-0.2, 0) is 9.53 Å². The van der Waals surface area contributed by atoms with Crippen molar-refractivity contribution in [3.05, 3.63) is 35.4 Å². The fourth-order valence-electron chi connectivity index (χ4n) is 2.00. The summed E-state index contributed by atoms with van der Waals surface area (Å²) in [6.45, 7) is 2.06. The molecule has 0 spiro atoms. The Balaban J connectivity index is 2.25. The molecule has 0 bridgehead atoms. The van der Waals surface area contributed by atoms with Crippen molar-refractivity contribution in [3.63, 3.8) is 0 Å². The van der Waals surface area contributed by atoms with Gasteiger partial charge in [-0.15, -0.1) is 0 Å². The van der Waals surface area contributed by atoms with E-state index in [4.69, 9.17) is 4.74 Å². The van der Waals surface area contributed by atoms with Crippen LogP contribution in [0.25, 0.3) is 0 Å². The van der Waals surface area contributed by atoms with Crippen LogP contribution in [0.3, 0.4) is 0 Å². The lowest BCUT2D eigenvalue weighted by atomic mass is 10.0. The summed E-state index contributed by atoms with van der Waals surface area (Å²) in [5, 5.41) is 0. The van der Waals surface area contributed by atoms with Crippen LogP contribution >= 0.6 is 0 Å². The van der Waals surface area contributed by atoms with Crippen LogP contribution in [0.2, 0.25) is 0 Å². The minimum Gasteiger partial charge on any atom is -0.467 e. The highest BCUT2D eigenvalue weighted by Crippen LogP contribution is 2.21. The van der Waals surface area contributed by atoms with Gasteiger partial charge in [-0.1, -0.05) is 24.3 Å². The van der Waals surface area contributed by atoms with E-state index in [1.165, 1.54) is 12.7 Å². The number of nitrogens with zero attached hydrogens (tertiary/aromatic N) is 1. The molecule has 0 saturated heterocycles. The fraction of sp³-hybridized carbons (Fsp3) is 0.385. The molecular formula is C13H15NO2. The molecule has 1 aliphatic rings. The van der Waals surface area contributed by atoms with E-state index in [1.54, 1.807) is 0 Å². The van der Waals surface area contributed by atoms with E-state index in [0.29, 0.717) is 0 Å². The second-order valence-corrected chi connectivity index (χ2v) is 3.97. The van der Waals surface area contributed by atoms with Crippen molar-refractivity contribution in [1.82, 2.24) is 0 Å². The molecule has 1 aliphatic heterocycles. The van der Waals surface area contributed by atoms with Crippen molar-refractivity contribution in [1.29, 1.82) is 0 Å². The molecule has 1 atom stereocenters. The Morgan fingerprint density at radius 1 is 1.44 bits per heavy atom. The lowest BCUT2D eigenvalue weighted by Crippen LogP contribution is -2.16. The first-order chi connectivity index (χ1) is 7.72. The SMILES string of the molecule is COC(=O)[C@@H]1CCC(c2ccccc2C)=N1. The third kappa shape index (κ3) is 1.98. The average molecular weight is 217 g/mol. The lowest BCUT2D eigenvalue weighted by Gasteiger charge is -2.04. The van der Waals surface area contributed by atoms with Gasteiger partial charge in [-0.05, 0) is 30.9 Å². The number of carbonyl (C=O) groups is 1. The van der Waals surface area contributed by atoms with E-state index in [-0.39, 0.29) is 12.0 Å². The smallest absolute Gasteiger partial charge is 0.330 e. The molecule has 1 aromatic rings. The minimum atomic E-state index is -0.306. The first-order valence-corrected chi connectivity index (χ1v) is 5.43. The van der Waals surface area contributed by atoms with E-state index in [1.807, 2.05) is 18.2 Å². The van der Waals surface area contributed by atoms with Crippen molar-refractivity contribution in [2.45, 2.75) is 25.8 Å². The maximum atomic E-state index is 11.3. The Hall–Kier alpha value is -1.64. The zero-order valence-corrected chi connectivity index (χ0v) is 9.56. The van der Waals surface area contributed by atoms with E-state index in [9.17, 15) is 4.79 Å². The number of benzene rings is 1. The third-order valence-electron chi connectivity index (χ3n) is 2.90. The minimum absolute atomic E-state index is 0.233. The van der Waals surface area contributed by atoms with E-state index in [0.717, 1.165) is 24.1 Å². The molecule has 0 saturated carbocycles. The maximum Gasteiger partial charge on any atom is 0.330 e. The van der Waals surface area contributed by atoms with E-state index < -0.39 is 0 Å². The van der Waals surface area contributed by atoms with Gasteiger partial charge in [-0.25, -0.2) is 4.79 Å². The predicted molar refractivity (Wildman–Crippen MR) is 62.8 cm³/mol. The van der Waals surface area contributed by atoms with Gasteiger partial charge in [0.2, 0.25) is 0 Å². The first-order valence-electron chi connectivity index (χ1n) is 5.43. The molecular weight excluding hydrogens is 202 g/mol. The number of esters is 1. The molecule has 0 N–H and O–H groups in total. The zero-order valence-electron chi connectivity index (χ0n) is 9.56. The summed E-state index contributed by atoms with van der Waals surface area (Å²) in [5.41, 5.74) is 3.37.